The largest absolute Gasteiger partial charge is 0.457 e. The predicted octanol–water partition coefficient (Wildman–Crippen LogP) is 5.16. The minimum atomic E-state index is -0.785. The monoisotopic (exact) mass is 519 g/mol. The number of carbonyl (C=O) groups excluding carboxylic acids is 1. The Morgan fingerprint density at radius 3 is 2.62 bits per heavy atom. The number of hydrogen-bond acceptors (Lipinski definition) is 6. The summed E-state index contributed by atoms with van der Waals surface area (Å²) in [5.74, 6) is 0.506. The van der Waals surface area contributed by atoms with E-state index in [-0.39, 0.29) is 12.2 Å². The number of hydrazone groups is 1. The molecule has 1 N–H and O–H groups in total. The second kappa shape index (κ2) is 10.5. The summed E-state index contributed by atoms with van der Waals surface area (Å²) in [4.78, 5) is 23.3. The number of benzene rings is 3. The lowest BCUT2D eigenvalue weighted by atomic mass is 10.2. The molecule has 0 aliphatic carbocycles. The molecule has 0 atom stereocenters. The van der Waals surface area contributed by atoms with E-state index in [0.29, 0.717) is 17.1 Å². The maximum absolute atomic E-state index is 12.6. The number of nitrogens with zero attached hydrogens (tertiary/aromatic N) is 4. The highest BCUT2D eigenvalue weighted by Gasteiger charge is 2.25. The number of aromatic nitrogens is 2. The second-order valence-electron chi connectivity index (χ2n) is 7.13. The summed E-state index contributed by atoms with van der Waals surface area (Å²) >= 11 is 3.38. The minimum absolute atomic E-state index is 0.269. The van der Waals surface area contributed by atoms with Crippen molar-refractivity contribution in [2.24, 2.45) is 5.10 Å². The zero-order valence-electron chi connectivity index (χ0n) is 17.7. The Balaban J connectivity index is 1.44. The Bertz CT molecular complexity index is 1350. The predicted molar refractivity (Wildman–Crippen MR) is 130 cm³/mol. The summed E-state index contributed by atoms with van der Waals surface area (Å²) in [5, 5.41) is 19.5. The van der Waals surface area contributed by atoms with E-state index >= 15 is 0 Å². The van der Waals surface area contributed by atoms with E-state index in [1.165, 1.54) is 17.1 Å². The molecule has 0 saturated heterocycles. The van der Waals surface area contributed by atoms with Gasteiger partial charge in [0.25, 0.3) is 5.91 Å². The molecule has 0 aliphatic heterocycles. The Labute approximate surface area is 203 Å². The summed E-state index contributed by atoms with van der Waals surface area (Å²) in [5.41, 5.74) is 3.12. The molecule has 0 unspecified atom stereocenters. The molecule has 3 aromatic carbocycles. The molecule has 34 heavy (non-hydrogen) atoms. The number of para-hydroxylation sites is 1. The van der Waals surface area contributed by atoms with Crippen molar-refractivity contribution in [2.45, 2.75) is 6.54 Å². The minimum Gasteiger partial charge on any atom is -0.457 e. The Kier molecular flexibility index (Phi) is 7.09. The molecule has 0 fully saturated rings. The molecule has 1 heterocycles. The van der Waals surface area contributed by atoms with E-state index in [0.717, 1.165) is 10.0 Å². The van der Waals surface area contributed by atoms with E-state index in [1.54, 1.807) is 24.3 Å². The number of ether oxygens (including phenoxy) is 1. The fourth-order valence-corrected chi connectivity index (χ4v) is 3.56. The van der Waals surface area contributed by atoms with Gasteiger partial charge in [-0.15, -0.1) is 0 Å². The topological polar surface area (TPSA) is 112 Å². The molecular weight excluding hydrogens is 502 g/mol. The highest BCUT2D eigenvalue weighted by atomic mass is 79.9. The number of rotatable bonds is 8. The summed E-state index contributed by atoms with van der Waals surface area (Å²) in [6.07, 6.45) is 2.64. The Morgan fingerprint density at radius 2 is 1.85 bits per heavy atom. The zero-order chi connectivity index (χ0) is 23.9. The molecule has 0 bridgehead atoms. The molecule has 0 aliphatic rings. The molecule has 4 rings (SSSR count). The quantitative estimate of drug-likeness (QED) is 0.196. The number of hydrogen-bond donors (Lipinski definition) is 1. The number of nitrogens with one attached hydrogen (secondary N) is 1. The van der Waals surface area contributed by atoms with Gasteiger partial charge in [-0.3, -0.25) is 19.6 Å². The van der Waals surface area contributed by atoms with E-state index in [4.69, 9.17) is 4.74 Å². The van der Waals surface area contributed by atoms with Crippen LogP contribution in [0.25, 0.3) is 0 Å². The molecule has 9 nitrogen and oxygen atoms in total. The number of amides is 1. The molecular formula is C24H18BrN5O4. The second-order valence-corrected chi connectivity index (χ2v) is 8.05. The van der Waals surface area contributed by atoms with Crippen LogP contribution in [0.2, 0.25) is 0 Å². The maximum Gasteiger partial charge on any atom is 0.320 e. The lowest BCUT2D eigenvalue weighted by molar-refractivity contribution is -0.385. The number of carbonyl (C=O) groups is 1. The first kappa shape index (κ1) is 22.9. The van der Waals surface area contributed by atoms with Crippen molar-refractivity contribution in [3.8, 4) is 11.5 Å². The van der Waals surface area contributed by atoms with Crippen LogP contribution in [0.5, 0.6) is 11.5 Å². The molecule has 0 saturated carbocycles. The van der Waals surface area contributed by atoms with Crippen molar-refractivity contribution in [3.63, 3.8) is 0 Å². The van der Waals surface area contributed by atoms with E-state index in [2.05, 4.69) is 31.6 Å². The van der Waals surface area contributed by atoms with Gasteiger partial charge in [-0.05, 0) is 47.5 Å². The first-order valence-corrected chi connectivity index (χ1v) is 10.9. The summed E-state index contributed by atoms with van der Waals surface area (Å²) < 4.78 is 8.00. The highest BCUT2D eigenvalue weighted by Crippen LogP contribution is 2.21. The van der Waals surface area contributed by atoms with Gasteiger partial charge in [0.15, 0.2) is 0 Å². The van der Waals surface area contributed by atoms with E-state index < -0.39 is 16.5 Å². The van der Waals surface area contributed by atoms with Gasteiger partial charge >= 0.3 is 5.69 Å². The van der Waals surface area contributed by atoms with Crippen LogP contribution in [0.1, 0.15) is 21.6 Å². The number of halogens is 1. The van der Waals surface area contributed by atoms with Gasteiger partial charge in [-0.25, -0.2) is 5.43 Å². The standard InChI is InChI=1S/C24H18BrN5O4/c25-19-8-4-7-18(12-19)15-29-16-22(30(32)33)23(28-29)24(31)27-26-14-17-6-5-11-21(13-17)34-20-9-2-1-3-10-20/h1-14,16H,15H2,(H,27,31)/b26-14-. The zero-order valence-corrected chi connectivity index (χ0v) is 19.3. The van der Waals surface area contributed by atoms with Gasteiger partial charge in [0.05, 0.1) is 17.7 Å². The smallest absolute Gasteiger partial charge is 0.320 e. The fraction of sp³-hybridized carbons (Fsp3) is 0.0417. The summed E-state index contributed by atoms with van der Waals surface area (Å²) in [6.45, 7) is 0.269. The molecule has 170 valence electrons. The van der Waals surface area contributed by atoms with Crippen LogP contribution in [-0.2, 0) is 6.54 Å². The lowest BCUT2D eigenvalue weighted by Gasteiger charge is -2.05. The Morgan fingerprint density at radius 1 is 1.09 bits per heavy atom. The van der Waals surface area contributed by atoms with Crippen LogP contribution < -0.4 is 10.2 Å². The van der Waals surface area contributed by atoms with Crippen molar-refractivity contribution in [3.05, 3.63) is 116 Å². The molecule has 0 radical (unpaired) electrons. The average Bonchev–Trinajstić information content (AvgIpc) is 3.24. The third-order valence-corrected chi connectivity index (χ3v) is 5.10. The van der Waals surface area contributed by atoms with Crippen molar-refractivity contribution < 1.29 is 14.5 Å². The van der Waals surface area contributed by atoms with Gasteiger partial charge in [0.2, 0.25) is 5.69 Å². The third-order valence-electron chi connectivity index (χ3n) is 4.60. The van der Waals surface area contributed by atoms with Crippen molar-refractivity contribution in [2.75, 3.05) is 0 Å². The van der Waals surface area contributed by atoms with E-state index in [9.17, 15) is 14.9 Å². The van der Waals surface area contributed by atoms with Crippen LogP contribution in [0, 0.1) is 10.1 Å². The van der Waals surface area contributed by atoms with Gasteiger partial charge in [0, 0.05) is 4.47 Å². The Hall–Kier alpha value is -4.31. The van der Waals surface area contributed by atoms with Crippen LogP contribution in [0.3, 0.4) is 0 Å². The van der Waals surface area contributed by atoms with Gasteiger partial charge in [0.1, 0.15) is 17.7 Å². The van der Waals surface area contributed by atoms with Crippen LogP contribution in [0.4, 0.5) is 5.69 Å². The van der Waals surface area contributed by atoms with E-state index in [1.807, 2.05) is 54.6 Å². The first-order chi connectivity index (χ1) is 16.5. The fourth-order valence-electron chi connectivity index (χ4n) is 3.11. The van der Waals surface area contributed by atoms with Crippen LogP contribution in [-0.4, -0.2) is 26.8 Å². The summed E-state index contributed by atoms with van der Waals surface area (Å²) in [6, 6.07) is 23.9. The van der Waals surface area contributed by atoms with Crippen LogP contribution in [0.15, 0.2) is 94.6 Å². The summed E-state index contributed by atoms with van der Waals surface area (Å²) in [7, 11) is 0. The normalized spacial score (nSPS) is 10.9. The molecule has 4 aromatic rings. The van der Waals surface area contributed by atoms with Crippen molar-refractivity contribution in [1.29, 1.82) is 0 Å². The SMILES string of the molecule is O=C(N/N=C\c1cccc(Oc2ccccc2)c1)c1nn(Cc2cccc(Br)c2)cc1[N+](=O)[O-]. The van der Waals surface area contributed by atoms with Crippen molar-refractivity contribution >= 4 is 33.7 Å². The third kappa shape index (κ3) is 5.93. The highest BCUT2D eigenvalue weighted by molar-refractivity contribution is 9.10. The molecule has 1 aromatic heterocycles. The van der Waals surface area contributed by atoms with Gasteiger partial charge < -0.3 is 4.74 Å². The lowest BCUT2D eigenvalue weighted by Crippen LogP contribution is -2.19. The van der Waals surface area contributed by atoms with Gasteiger partial charge in [-0.2, -0.15) is 10.2 Å². The average molecular weight is 520 g/mol. The number of nitro groups is 1. The first-order valence-electron chi connectivity index (χ1n) is 10.1. The van der Waals surface area contributed by atoms with Gasteiger partial charge in [-0.1, -0.05) is 58.4 Å². The molecule has 0 spiro atoms. The molecule has 10 heteroatoms. The molecule has 1 amide bonds. The van der Waals surface area contributed by atoms with Crippen molar-refractivity contribution in [1.82, 2.24) is 15.2 Å². The maximum atomic E-state index is 12.6. The van der Waals surface area contributed by atoms with Crippen LogP contribution >= 0.6 is 15.9 Å².